The average molecular weight is 348 g/mol. The maximum Gasteiger partial charge on any atom is 0.330 e. The summed E-state index contributed by atoms with van der Waals surface area (Å²) in [5.41, 5.74) is 1.42. The lowest BCUT2D eigenvalue weighted by atomic mass is 9.66. The molecule has 4 heteroatoms. The smallest absolute Gasteiger partial charge is 0.330 e. The predicted molar refractivity (Wildman–Crippen MR) is 100 cm³/mol. The highest BCUT2D eigenvalue weighted by atomic mass is 16.4. The van der Waals surface area contributed by atoms with E-state index in [4.69, 9.17) is 10.2 Å². The fourth-order valence-corrected chi connectivity index (χ4v) is 4.27. The van der Waals surface area contributed by atoms with Gasteiger partial charge in [0, 0.05) is 11.1 Å². The van der Waals surface area contributed by atoms with E-state index < -0.39 is 11.9 Å². The van der Waals surface area contributed by atoms with Crippen LogP contribution in [0.15, 0.2) is 36.5 Å². The monoisotopic (exact) mass is 348 g/mol. The molecule has 2 aliphatic carbocycles. The third-order valence-electron chi connectivity index (χ3n) is 6.60. The van der Waals surface area contributed by atoms with Gasteiger partial charge < -0.3 is 10.2 Å². The molecule has 2 bridgehead atoms. The zero-order chi connectivity index (χ0) is 19.4. The van der Waals surface area contributed by atoms with Crippen molar-refractivity contribution in [1.82, 2.24) is 0 Å². The first-order valence-corrected chi connectivity index (χ1v) is 8.91. The van der Waals surface area contributed by atoms with Gasteiger partial charge in [0.15, 0.2) is 0 Å². The van der Waals surface area contributed by atoms with Crippen LogP contribution in [-0.4, -0.2) is 22.2 Å². The topological polar surface area (TPSA) is 74.6 Å². The van der Waals surface area contributed by atoms with E-state index in [-0.39, 0.29) is 5.57 Å². The van der Waals surface area contributed by atoms with Gasteiger partial charge in [0.1, 0.15) is 0 Å². The maximum atomic E-state index is 10.9. The van der Waals surface area contributed by atoms with Gasteiger partial charge >= 0.3 is 11.9 Å². The molecule has 4 nitrogen and oxygen atoms in total. The van der Waals surface area contributed by atoms with Crippen LogP contribution in [0, 0.1) is 22.7 Å². The molecule has 2 N–H and O–H groups in total. The van der Waals surface area contributed by atoms with Gasteiger partial charge in [0.2, 0.25) is 0 Å². The van der Waals surface area contributed by atoms with Crippen molar-refractivity contribution < 1.29 is 19.8 Å². The minimum Gasteiger partial charge on any atom is -0.478 e. The third kappa shape index (κ3) is 4.42. The van der Waals surface area contributed by atoms with Crippen LogP contribution >= 0.6 is 0 Å². The molecular weight excluding hydrogens is 316 g/mol. The molecule has 0 aliphatic heterocycles. The summed E-state index contributed by atoms with van der Waals surface area (Å²) >= 11 is 0. The van der Waals surface area contributed by atoms with Crippen LogP contribution in [0.4, 0.5) is 0 Å². The summed E-state index contributed by atoms with van der Waals surface area (Å²) in [6.45, 7) is 15.6. The first kappa shape index (κ1) is 21.2. The first-order valence-electron chi connectivity index (χ1n) is 8.91. The van der Waals surface area contributed by atoms with Crippen LogP contribution in [0.5, 0.6) is 0 Å². The Bertz CT molecular complexity index is 585. The molecule has 2 fully saturated rings. The molecule has 0 radical (unpaired) electrons. The second-order valence-corrected chi connectivity index (χ2v) is 8.11. The average Bonchev–Trinajstić information content (AvgIpc) is 2.86. The van der Waals surface area contributed by atoms with E-state index in [9.17, 15) is 9.59 Å². The summed E-state index contributed by atoms with van der Waals surface area (Å²) < 4.78 is 0. The number of hydrogen-bond acceptors (Lipinski definition) is 2. The Balaban J connectivity index is 0.000000299. The largest absolute Gasteiger partial charge is 0.478 e. The zero-order valence-electron chi connectivity index (χ0n) is 16.0. The summed E-state index contributed by atoms with van der Waals surface area (Å²) in [4.78, 5) is 21.0. The van der Waals surface area contributed by atoms with Crippen LogP contribution in [0.25, 0.3) is 0 Å². The van der Waals surface area contributed by atoms with Crippen LogP contribution in [0.1, 0.15) is 59.8 Å². The van der Waals surface area contributed by atoms with Gasteiger partial charge in [-0.05, 0) is 61.7 Å². The zero-order valence-corrected chi connectivity index (χ0v) is 16.0. The molecule has 0 aromatic heterocycles. The van der Waals surface area contributed by atoms with Crippen LogP contribution in [0.2, 0.25) is 0 Å². The van der Waals surface area contributed by atoms with Gasteiger partial charge in [-0.1, -0.05) is 39.5 Å². The predicted octanol–water partition coefficient (Wildman–Crippen LogP) is 5.07. The number of hydrogen-bond donors (Lipinski definition) is 2. The van der Waals surface area contributed by atoms with Crippen LogP contribution in [0.3, 0.4) is 0 Å². The molecule has 2 aliphatic rings. The van der Waals surface area contributed by atoms with Crippen molar-refractivity contribution >= 4 is 11.9 Å². The number of fused-ring (bicyclic) bond motifs is 2. The molecule has 0 saturated heterocycles. The Labute approximate surface area is 151 Å². The molecule has 0 aromatic carbocycles. The maximum absolute atomic E-state index is 10.9. The van der Waals surface area contributed by atoms with Gasteiger partial charge in [0.25, 0.3) is 0 Å². The van der Waals surface area contributed by atoms with E-state index in [0.29, 0.717) is 35.2 Å². The molecule has 0 aromatic rings. The minimum atomic E-state index is -0.920. The van der Waals surface area contributed by atoms with Crippen molar-refractivity contribution in [2.75, 3.05) is 0 Å². The van der Waals surface area contributed by atoms with Gasteiger partial charge in [-0.15, -0.1) is 6.58 Å². The first-order chi connectivity index (χ1) is 11.5. The standard InChI is InChI=1S/C14H22O2.C7H10O2/c1-9(12(15)16)7-11-8-10-5-6-14(11,4)13(10,2)3;1-3-4-5-6(2)7(8)9/h7,10-11H,5-6,8H2,1-4H3,(H,15,16);3H,1-2,4-5H2,(H,8,9). The number of carboxylic acids is 2. The van der Waals surface area contributed by atoms with E-state index in [1.165, 1.54) is 19.3 Å². The lowest BCUT2D eigenvalue weighted by Crippen LogP contribution is -2.31. The van der Waals surface area contributed by atoms with E-state index in [1.807, 2.05) is 6.08 Å². The Hall–Kier alpha value is -1.84. The molecule has 3 unspecified atom stereocenters. The highest BCUT2D eigenvalue weighted by Crippen LogP contribution is 2.68. The summed E-state index contributed by atoms with van der Waals surface area (Å²) in [6, 6.07) is 0. The van der Waals surface area contributed by atoms with Gasteiger partial charge in [-0.3, -0.25) is 0 Å². The number of carbonyl (C=O) groups is 2. The van der Waals surface area contributed by atoms with E-state index in [0.717, 1.165) is 5.92 Å². The van der Waals surface area contributed by atoms with Crippen LogP contribution in [-0.2, 0) is 9.59 Å². The minimum absolute atomic E-state index is 0.245. The van der Waals surface area contributed by atoms with Crippen molar-refractivity contribution in [2.24, 2.45) is 22.7 Å². The van der Waals surface area contributed by atoms with Crippen molar-refractivity contribution in [3.05, 3.63) is 36.5 Å². The van der Waals surface area contributed by atoms with Gasteiger partial charge in [-0.25, -0.2) is 9.59 Å². The van der Waals surface area contributed by atoms with Crippen molar-refractivity contribution in [2.45, 2.75) is 59.8 Å². The Kier molecular flexibility index (Phi) is 6.81. The Morgan fingerprint density at radius 2 is 1.80 bits per heavy atom. The van der Waals surface area contributed by atoms with E-state index in [1.54, 1.807) is 13.0 Å². The third-order valence-corrected chi connectivity index (χ3v) is 6.60. The number of allylic oxidation sites excluding steroid dienone is 2. The molecule has 3 atom stereocenters. The lowest BCUT2D eigenvalue weighted by Gasteiger charge is -2.38. The lowest BCUT2D eigenvalue weighted by molar-refractivity contribution is -0.133. The summed E-state index contributed by atoms with van der Waals surface area (Å²) in [6.07, 6.45) is 8.61. The fourth-order valence-electron chi connectivity index (χ4n) is 4.27. The fraction of sp³-hybridized carbons (Fsp3) is 0.619. The Morgan fingerprint density at radius 3 is 2.16 bits per heavy atom. The normalized spacial score (nSPS) is 29.5. The number of rotatable bonds is 6. The molecule has 2 saturated carbocycles. The summed E-state index contributed by atoms with van der Waals surface area (Å²) in [7, 11) is 0. The van der Waals surface area contributed by atoms with Gasteiger partial charge in [0.05, 0.1) is 0 Å². The quantitative estimate of drug-likeness (QED) is 0.519. The highest BCUT2D eigenvalue weighted by molar-refractivity contribution is 5.86. The van der Waals surface area contributed by atoms with Crippen molar-refractivity contribution in [1.29, 1.82) is 0 Å². The van der Waals surface area contributed by atoms with E-state index >= 15 is 0 Å². The van der Waals surface area contributed by atoms with Crippen LogP contribution < -0.4 is 0 Å². The SMILES string of the molecule is C=CCCC(=C)C(=O)O.CC(=CC1CC2CCC1(C)C2(C)C)C(=O)O. The molecular formula is C21H32O4. The van der Waals surface area contributed by atoms with Gasteiger partial charge in [-0.2, -0.15) is 0 Å². The van der Waals surface area contributed by atoms with Crippen molar-refractivity contribution in [3.63, 3.8) is 0 Å². The van der Waals surface area contributed by atoms with Crippen molar-refractivity contribution in [3.8, 4) is 0 Å². The molecule has 25 heavy (non-hydrogen) atoms. The summed E-state index contributed by atoms with van der Waals surface area (Å²) in [5.74, 6) is -0.460. The molecule has 0 heterocycles. The molecule has 140 valence electrons. The molecule has 0 amide bonds. The number of carboxylic acid groups (broad SMARTS) is 2. The van der Waals surface area contributed by atoms with E-state index in [2.05, 4.69) is 33.9 Å². The second kappa shape index (κ2) is 8.03. The molecule has 2 rings (SSSR count). The molecule has 0 spiro atoms. The Morgan fingerprint density at radius 1 is 1.20 bits per heavy atom. The number of aliphatic carboxylic acids is 2. The second-order valence-electron chi connectivity index (χ2n) is 8.11. The highest BCUT2D eigenvalue weighted by Gasteiger charge is 2.60. The summed E-state index contributed by atoms with van der Waals surface area (Å²) in [5, 5.41) is 17.2.